The van der Waals surface area contributed by atoms with Crippen LogP contribution in [0.15, 0.2) is 72.8 Å². The van der Waals surface area contributed by atoms with Crippen molar-refractivity contribution in [3.05, 3.63) is 89.5 Å². The van der Waals surface area contributed by atoms with Gasteiger partial charge in [0.05, 0.1) is 17.2 Å². The van der Waals surface area contributed by atoms with Crippen molar-refractivity contribution in [2.24, 2.45) is 0 Å². The fourth-order valence-corrected chi connectivity index (χ4v) is 2.56. The summed E-state index contributed by atoms with van der Waals surface area (Å²) in [5.74, 6) is -0.363. The second-order valence-corrected chi connectivity index (χ2v) is 5.44. The van der Waals surface area contributed by atoms with Gasteiger partial charge < -0.3 is 9.84 Å². The number of carboxylic acid groups (broad SMARTS) is 1. The van der Waals surface area contributed by atoms with Gasteiger partial charge in [0.15, 0.2) is 0 Å². The van der Waals surface area contributed by atoms with Gasteiger partial charge in [0, 0.05) is 5.56 Å². The molecule has 3 aromatic carbocycles. The summed E-state index contributed by atoms with van der Waals surface area (Å²) in [6.45, 7) is 0.331. The Morgan fingerprint density at radius 2 is 1.56 bits per heavy atom. The van der Waals surface area contributed by atoms with Crippen LogP contribution in [0.3, 0.4) is 0 Å². The summed E-state index contributed by atoms with van der Waals surface area (Å²) in [5.41, 5.74) is 3.11. The molecule has 0 aliphatic heterocycles. The van der Waals surface area contributed by atoms with E-state index in [-0.39, 0.29) is 5.56 Å². The Morgan fingerprint density at radius 1 is 0.920 bits per heavy atom. The number of ether oxygens (including phenoxy) is 1. The smallest absolute Gasteiger partial charge is 0.336 e. The third-order valence-electron chi connectivity index (χ3n) is 3.81. The number of nitriles is 1. The van der Waals surface area contributed by atoms with Crippen molar-refractivity contribution >= 4 is 5.97 Å². The van der Waals surface area contributed by atoms with Crippen LogP contribution < -0.4 is 4.74 Å². The molecule has 122 valence electrons. The second-order valence-electron chi connectivity index (χ2n) is 5.44. The van der Waals surface area contributed by atoms with E-state index in [0.29, 0.717) is 23.5 Å². The molecule has 0 unspecified atom stereocenters. The molecular formula is C21H15NO3. The lowest BCUT2D eigenvalue weighted by Crippen LogP contribution is -2.01. The average Bonchev–Trinajstić information content (AvgIpc) is 2.67. The monoisotopic (exact) mass is 329 g/mol. The number of carbonyl (C=O) groups is 1. The lowest BCUT2D eigenvalue weighted by Gasteiger charge is -2.13. The van der Waals surface area contributed by atoms with E-state index in [4.69, 9.17) is 10.00 Å². The number of nitrogens with zero attached hydrogens (tertiary/aromatic N) is 1. The van der Waals surface area contributed by atoms with Crippen LogP contribution in [-0.2, 0) is 6.61 Å². The van der Waals surface area contributed by atoms with Crippen molar-refractivity contribution in [1.29, 1.82) is 5.26 Å². The Bertz CT molecular complexity index is 940. The molecule has 4 nitrogen and oxygen atoms in total. The maximum atomic E-state index is 11.5. The van der Waals surface area contributed by atoms with E-state index in [0.717, 1.165) is 11.1 Å². The first-order valence-electron chi connectivity index (χ1n) is 7.72. The summed E-state index contributed by atoms with van der Waals surface area (Å²) >= 11 is 0. The molecule has 0 aliphatic rings. The molecule has 0 saturated carbocycles. The predicted molar refractivity (Wildman–Crippen MR) is 94.3 cm³/mol. The SMILES string of the molecule is N#Cc1ccc(COc2ccccc2-c2ccccc2C(=O)O)cc1. The Kier molecular flexibility index (Phi) is 4.77. The molecule has 0 radical (unpaired) electrons. The Morgan fingerprint density at radius 3 is 2.24 bits per heavy atom. The summed E-state index contributed by atoms with van der Waals surface area (Å²) in [5, 5.41) is 18.2. The zero-order valence-corrected chi connectivity index (χ0v) is 13.3. The van der Waals surface area contributed by atoms with E-state index < -0.39 is 5.97 Å². The van der Waals surface area contributed by atoms with E-state index in [1.807, 2.05) is 36.4 Å². The van der Waals surface area contributed by atoms with Crippen molar-refractivity contribution in [3.63, 3.8) is 0 Å². The first kappa shape index (κ1) is 16.3. The third-order valence-corrected chi connectivity index (χ3v) is 3.81. The highest BCUT2D eigenvalue weighted by atomic mass is 16.5. The molecule has 3 aromatic rings. The van der Waals surface area contributed by atoms with Gasteiger partial charge in [0.1, 0.15) is 12.4 Å². The van der Waals surface area contributed by atoms with Gasteiger partial charge in [-0.2, -0.15) is 5.26 Å². The number of hydrogen-bond acceptors (Lipinski definition) is 3. The van der Waals surface area contributed by atoms with E-state index in [1.54, 1.807) is 36.4 Å². The van der Waals surface area contributed by atoms with Crippen LogP contribution in [-0.4, -0.2) is 11.1 Å². The zero-order chi connectivity index (χ0) is 17.6. The normalized spacial score (nSPS) is 10.0. The first-order chi connectivity index (χ1) is 12.2. The highest BCUT2D eigenvalue weighted by Crippen LogP contribution is 2.32. The van der Waals surface area contributed by atoms with E-state index in [9.17, 15) is 9.90 Å². The summed E-state index contributed by atoms with van der Waals surface area (Å²) in [6, 6.07) is 23.5. The quantitative estimate of drug-likeness (QED) is 0.748. The summed E-state index contributed by atoms with van der Waals surface area (Å²) in [4.78, 5) is 11.5. The van der Waals surface area contributed by atoms with Crippen LogP contribution in [0.2, 0.25) is 0 Å². The van der Waals surface area contributed by atoms with Crippen LogP contribution in [0.1, 0.15) is 21.5 Å². The molecular weight excluding hydrogens is 314 g/mol. The maximum absolute atomic E-state index is 11.5. The fraction of sp³-hybridized carbons (Fsp3) is 0.0476. The standard InChI is InChI=1S/C21H15NO3/c22-13-15-9-11-16(12-10-15)14-25-20-8-4-3-6-18(20)17-5-1-2-7-19(17)21(23)24/h1-12H,14H2,(H,23,24). The molecule has 1 N–H and O–H groups in total. The summed E-state index contributed by atoms with van der Waals surface area (Å²) in [6.07, 6.45) is 0. The molecule has 0 heterocycles. The second kappa shape index (κ2) is 7.33. The van der Waals surface area contributed by atoms with Crippen molar-refractivity contribution in [2.45, 2.75) is 6.61 Å². The third kappa shape index (κ3) is 3.67. The number of carboxylic acids is 1. The van der Waals surface area contributed by atoms with Crippen molar-refractivity contribution in [3.8, 4) is 22.9 Å². The summed E-state index contributed by atoms with van der Waals surface area (Å²) in [7, 11) is 0. The minimum atomic E-state index is -0.975. The predicted octanol–water partition coefficient (Wildman–Crippen LogP) is 4.50. The molecule has 0 atom stereocenters. The molecule has 0 amide bonds. The minimum absolute atomic E-state index is 0.233. The zero-order valence-electron chi connectivity index (χ0n) is 13.3. The van der Waals surface area contributed by atoms with Crippen molar-refractivity contribution < 1.29 is 14.6 Å². The summed E-state index contributed by atoms with van der Waals surface area (Å²) < 4.78 is 5.91. The highest BCUT2D eigenvalue weighted by Gasteiger charge is 2.14. The van der Waals surface area contributed by atoms with Gasteiger partial charge in [0.2, 0.25) is 0 Å². The average molecular weight is 329 g/mol. The van der Waals surface area contributed by atoms with Crippen LogP contribution in [0.25, 0.3) is 11.1 Å². The van der Waals surface area contributed by atoms with Crippen LogP contribution >= 0.6 is 0 Å². The van der Waals surface area contributed by atoms with Crippen LogP contribution in [0, 0.1) is 11.3 Å². The lowest BCUT2D eigenvalue weighted by atomic mass is 9.99. The Balaban J connectivity index is 1.89. The molecule has 25 heavy (non-hydrogen) atoms. The van der Waals surface area contributed by atoms with E-state index >= 15 is 0 Å². The largest absolute Gasteiger partial charge is 0.488 e. The van der Waals surface area contributed by atoms with Crippen LogP contribution in [0.5, 0.6) is 5.75 Å². The molecule has 4 heteroatoms. The fourth-order valence-electron chi connectivity index (χ4n) is 2.56. The highest BCUT2D eigenvalue weighted by molar-refractivity contribution is 5.96. The molecule has 0 bridgehead atoms. The Hall–Kier alpha value is -3.58. The number of benzene rings is 3. The van der Waals surface area contributed by atoms with Crippen LogP contribution in [0.4, 0.5) is 0 Å². The van der Waals surface area contributed by atoms with E-state index in [2.05, 4.69) is 6.07 Å². The maximum Gasteiger partial charge on any atom is 0.336 e. The number of para-hydroxylation sites is 1. The number of hydrogen-bond donors (Lipinski definition) is 1. The first-order valence-corrected chi connectivity index (χ1v) is 7.72. The topological polar surface area (TPSA) is 70.3 Å². The van der Waals surface area contributed by atoms with Gasteiger partial charge >= 0.3 is 5.97 Å². The van der Waals surface area contributed by atoms with Gasteiger partial charge in [-0.25, -0.2) is 4.79 Å². The number of rotatable bonds is 5. The molecule has 0 aromatic heterocycles. The minimum Gasteiger partial charge on any atom is -0.488 e. The van der Waals surface area contributed by atoms with Gasteiger partial charge in [0.25, 0.3) is 0 Å². The molecule has 0 fully saturated rings. The van der Waals surface area contributed by atoms with Crippen molar-refractivity contribution in [1.82, 2.24) is 0 Å². The molecule has 0 aliphatic carbocycles. The van der Waals surface area contributed by atoms with Crippen molar-refractivity contribution in [2.75, 3.05) is 0 Å². The van der Waals surface area contributed by atoms with E-state index in [1.165, 1.54) is 0 Å². The lowest BCUT2D eigenvalue weighted by molar-refractivity contribution is 0.0697. The van der Waals surface area contributed by atoms with Gasteiger partial charge in [-0.1, -0.05) is 48.5 Å². The van der Waals surface area contributed by atoms with Gasteiger partial charge in [-0.3, -0.25) is 0 Å². The molecule has 3 rings (SSSR count). The molecule has 0 saturated heterocycles. The van der Waals surface area contributed by atoms with Gasteiger partial charge in [-0.15, -0.1) is 0 Å². The molecule has 0 spiro atoms. The van der Waals surface area contributed by atoms with Gasteiger partial charge in [-0.05, 0) is 35.4 Å². The Labute approximate surface area is 145 Å². The number of aromatic carboxylic acids is 1.